The number of rotatable bonds is 3. The highest BCUT2D eigenvalue weighted by Crippen LogP contribution is 2.29. The maximum Gasteiger partial charge on any atom is 0.471 e. The molecule has 25 heavy (non-hydrogen) atoms. The first-order valence-corrected chi connectivity index (χ1v) is 6.89. The van der Waals surface area contributed by atoms with Crippen LogP contribution in [-0.2, 0) is 22.3 Å². The van der Waals surface area contributed by atoms with Crippen LogP contribution in [-0.4, -0.2) is 39.9 Å². The van der Waals surface area contributed by atoms with E-state index in [1.807, 2.05) is 0 Å². The summed E-state index contributed by atoms with van der Waals surface area (Å²) in [5.74, 6) is -2.27. The van der Waals surface area contributed by atoms with Crippen LogP contribution in [0.3, 0.4) is 0 Å². The van der Waals surface area contributed by atoms with Crippen molar-refractivity contribution in [3.63, 3.8) is 0 Å². The van der Waals surface area contributed by atoms with Crippen molar-refractivity contribution in [1.82, 2.24) is 20.4 Å². The van der Waals surface area contributed by atoms with E-state index >= 15 is 0 Å². The third kappa shape index (κ3) is 4.15. The zero-order chi connectivity index (χ0) is 17.3. The zero-order valence-electron chi connectivity index (χ0n) is 12.5. The highest BCUT2D eigenvalue weighted by atomic mass is 35.5. The van der Waals surface area contributed by atoms with E-state index < -0.39 is 12.1 Å². The maximum absolute atomic E-state index is 12.4. The summed E-state index contributed by atoms with van der Waals surface area (Å²) in [5.41, 5.74) is 0.984. The summed E-state index contributed by atoms with van der Waals surface area (Å²) in [6, 6.07) is 6.16. The molecule has 1 fully saturated rings. The van der Waals surface area contributed by atoms with Crippen molar-refractivity contribution in [3.05, 3.63) is 35.7 Å². The first-order valence-electron chi connectivity index (χ1n) is 6.89. The van der Waals surface area contributed by atoms with Gasteiger partial charge >= 0.3 is 12.1 Å². The van der Waals surface area contributed by atoms with E-state index in [2.05, 4.69) is 20.0 Å². The Hall–Kier alpha value is -2.46. The van der Waals surface area contributed by atoms with Crippen LogP contribution >= 0.6 is 12.4 Å². The number of nitrogens with zero attached hydrogens (tertiary/aromatic N) is 3. The molecule has 11 heteroatoms. The fraction of sp³-hybridized carbons (Fsp3) is 0.286. The number of benzene rings is 1. The molecule has 2 aromatic rings. The summed E-state index contributed by atoms with van der Waals surface area (Å²) in [7, 11) is 0. The summed E-state index contributed by atoms with van der Waals surface area (Å²) < 4.78 is 41.5. The van der Waals surface area contributed by atoms with Crippen LogP contribution in [0.2, 0.25) is 0 Å². The lowest BCUT2D eigenvalue weighted by Crippen LogP contribution is -2.51. The van der Waals surface area contributed by atoms with Crippen molar-refractivity contribution in [2.45, 2.75) is 12.7 Å². The fourth-order valence-electron chi connectivity index (χ4n) is 2.18. The number of hydrogen-bond donors (Lipinski definition) is 1. The predicted molar refractivity (Wildman–Crippen MR) is 80.4 cm³/mol. The molecule has 1 aromatic carbocycles. The van der Waals surface area contributed by atoms with Crippen molar-refractivity contribution in [2.75, 3.05) is 13.1 Å². The van der Waals surface area contributed by atoms with Crippen LogP contribution in [0.4, 0.5) is 13.2 Å². The Bertz CT molecular complexity index is 760. The molecule has 3 rings (SSSR count). The van der Waals surface area contributed by atoms with E-state index in [4.69, 9.17) is 0 Å². The van der Waals surface area contributed by atoms with Gasteiger partial charge in [0.1, 0.15) is 0 Å². The number of piperazine rings is 1. The monoisotopic (exact) mass is 376 g/mol. The van der Waals surface area contributed by atoms with E-state index in [1.165, 1.54) is 12.1 Å². The van der Waals surface area contributed by atoms with Gasteiger partial charge in [-0.2, -0.15) is 18.2 Å². The molecule has 7 nitrogen and oxygen atoms in total. The average Bonchev–Trinajstić information content (AvgIpc) is 3.02. The fourth-order valence-corrected chi connectivity index (χ4v) is 2.18. The van der Waals surface area contributed by atoms with Gasteiger partial charge in [0.25, 0.3) is 0 Å². The van der Waals surface area contributed by atoms with Gasteiger partial charge in [-0.05, 0) is 5.56 Å². The second-order valence-electron chi connectivity index (χ2n) is 5.09. The summed E-state index contributed by atoms with van der Waals surface area (Å²) >= 11 is 0. The second-order valence-corrected chi connectivity index (χ2v) is 5.09. The molecule has 0 unspecified atom stereocenters. The van der Waals surface area contributed by atoms with Gasteiger partial charge in [0.15, 0.2) is 0 Å². The number of aromatic nitrogens is 2. The van der Waals surface area contributed by atoms with Crippen molar-refractivity contribution in [2.24, 2.45) is 0 Å². The van der Waals surface area contributed by atoms with Crippen molar-refractivity contribution >= 4 is 24.2 Å². The van der Waals surface area contributed by atoms with E-state index in [0.717, 1.165) is 4.90 Å². The van der Waals surface area contributed by atoms with Gasteiger partial charge in [-0.15, -0.1) is 12.4 Å². The molecule has 0 spiro atoms. The molecule has 1 aliphatic heterocycles. The summed E-state index contributed by atoms with van der Waals surface area (Å²) in [5, 5.41) is 5.97. The average molecular weight is 377 g/mol. The molecular formula is C14H12ClF3N4O3. The van der Waals surface area contributed by atoms with Gasteiger partial charge in [-0.3, -0.25) is 19.8 Å². The highest BCUT2D eigenvalue weighted by molar-refractivity contribution is 5.99. The standard InChI is InChI=1S/C14H11F3N4O3.ClH/c15-14(16,17)13-19-12(20-24-13)9-3-1-8(2-4-9)7-21-10(22)5-18-6-11(21)23;/h1-4,18H,5-7H2;1H. The van der Waals surface area contributed by atoms with Gasteiger partial charge in [0.05, 0.1) is 19.6 Å². The van der Waals surface area contributed by atoms with Crippen molar-refractivity contribution in [1.29, 1.82) is 0 Å². The van der Waals surface area contributed by atoms with Gasteiger partial charge < -0.3 is 4.52 Å². The van der Waals surface area contributed by atoms with E-state index in [9.17, 15) is 22.8 Å². The maximum atomic E-state index is 12.4. The van der Waals surface area contributed by atoms with E-state index in [-0.39, 0.29) is 49.7 Å². The lowest BCUT2D eigenvalue weighted by Gasteiger charge is -2.25. The Labute approximate surface area is 145 Å². The van der Waals surface area contributed by atoms with Crippen LogP contribution in [0.1, 0.15) is 11.5 Å². The van der Waals surface area contributed by atoms with Crippen LogP contribution < -0.4 is 5.32 Å². The van der Waals surface area contributed by atoms with Crippen LogP contribution in [0.15, 0.2) is 28.8 Å². The molecule has 1 aliphatic rings. The number of hydrogen-bond acceptors (Lipinski definition) is 6. The molecule has 0 radical (unpaired) electrons. The molecule has 2 amide bonds. The lowest BCUT2D eigenvalue weighted by molar-refractivity contribution is -0.159. The third-order valence-electron chi connectivity index (χ3n) is 3.38. The quantitative estimate of drug-likeness (QED) is 0.819. The van der Waals surface area contributed by atoms with Gasteiger partial charge in [-0.1, -0.05) is 29.4 Å². The normalized spacial score (nSPS) is 15.2. The highest BCUT2D eigenvalue weighted by Gasteiger charge is 2.38. The Balaban J connectivity index is 0.00000225. The summed E-state index contributed by atoms with van der Waals surface area (Å²) in [4.78, 5) is 27.8. The Morgan fingerprint density at radius 2 is 1.72 bits per heavy atom. The molecule has 1 N–H and O–H groups in total. The molecule has 0 bridgehead atoms. The molecule has 2 heterocycles. The number of carbonyl (C=O) groups is 2. The molecular weight excluding hydrogens is 365 g/mol. The molecule has 0 aliphatic carbocycles. The van der Waals surface area contributed by atoms with Crippen LogP contribution in [0.25, 0.3) is 11.4 Å². The summed E-state index contributed by atoms with van der Waals surface area (Å²) in [6.07, 6.45) is -4.70. The SMILES string of the molecule is Cl.O=C1CNCC(=O)N1Cc1ccc(-c2noc(C(F)(F)F)n2)cc1. The third-order valence-corrected chi connectivity index (χ3v) is 3.38. The first kappa shape index (κ1) is 18.9. The van der Waals surface area contributed by atoms with E-state index in [1.54, 1.807) is 12.1 Å². The number of amides is 2. The Kier molecular flexibility index (Phi) is 5.43. The van der Waals surface area contributed by atoms with Crippen LogP contribution in [0, 0.1) is 0 Å². The molecule has 1 aromatic heterocycles. The largest absolute Gasteiger partial charge is 0.471 e. The Morgan fingerprint density at radius 3 is 2.24 bits per heavy atom. The molecule has 0 saturated carbocycles. The van der Waals surface area contributed by atoms with Crippen molar-refractivity contribution < 1.29 is 27.3 Å². The zero-order valence-corrected chi connectivity index (χ0v) is 13.4. The number of nitrogens with one attached hydrogen (secondary N) is 1. The minimum atomic E-state index is -4.70. The number of imide groups is 1. The number of carbonyl (C=O) groups excluding carboxylic acids is 2. The second kappa shape index (κ2) is 7.19. The smallest absolute Gasteiger partial charge is 0.329 e. The first-order chi connectivity index (χ1) is 11.3. The summed E-state index contributed by atoms with van der Waals surface area (Å²) in [6.45, 7) is 0.277. The topological polar surface area (TPSA) is 88.3 Å². The molecule has 0 atom stereocenters. The van der Waals surface area contributed by atoms with Crippen molar-refractivity contribution in [3.8, 4) is 11.4 Å². The van der Waals surface area contributed by atoms with Gasteiger partial charge in [-0.25, -0.2) is 0 Å². The predicted octanol–water partition coefficient (Wildman–Crippen LogP) is 1.64. The number of halogens is 4. The lowest BCUT2D eigenvalue weighted by atomic mass is 10.1. The van der Waals surface area contributed by atoms with Crippen LogP contribution in [0.5, 0.6) is 0 Å². The van der Waals surface area contributed by atoms with Gasteiger partial charge in [0.2, 0.25) is 17.6 Å². The minimum Gasteiger partial charge on any atom is -0.329 e. The Morgan fingerprint density at radius 1 is 1.12 bits per heavy atom. The minimum absolute atomic E-state index is 0. The number of alkyl halides is 3. The van der Waals surface area contributed by atoms with E-state index in [0.29, 0.717) is 11.1 Å². The molecule has 1 saturated heterocycles. The molecule has 134 valence electrons. The van der Waals surface area contributed by atoms with Gasteiger partial charge in [0, 0.05) is 5.56 Å².